The SMILES string of the molecule is CCCCCCCCCCCCCCCCCOCOCC(COP(=O)(O)OCC[N+](C)(C)C)OCOCCCNC(=O)Cc1ccccc1Nc1c(Cl)cccc1Cl. The number of nitrogens with one attached hydrogen (secondary N) is 2. The number of ether oxygens (including phenoxy) is 4. The molecule has 0 radical (unpaired) electrons. The van der Waals surface area contributed by atoms with Gasteiger partial charge in [0.05, 0.1) is 63.1 Å². The number of carbonyl (C=O) groups excluding carboxylic acids is 1. The molecule has 12 nitrogen and oxygen atoms in total. The van der Waals surface area contributed by atoms with Crippen LogP contribution in [-0.4, -0.2) is 102 Å². The van der Waals surface area contributed by atoms with Gasteiger partial charge in [0, 0.05) is 18.8 Å². The van der Waals surface area contributed by atoms with Gasteiger partial charge in [-0.05, 0) is 36.6 Å². The molecule has 3 N–H and O–H groups in total. The van der Waals surface area contributed by atoms with Crippen molar-refractivity contribution in [1.82, 2.24) is 5.32 Å². The number of anilines is 2. The fourth-order valence-electron chi connectivity index (χ4n) is 6.05. The van der Waals surface area contributed by atoms with Crippen LogP contribution in [0.4, 0.5) is 11.4 Å². The molecular weight excluding hydrogens is 816 g/mol. The molecule has 0 saturated heterocycles. The summed E-state index contributed by atoms with van der Waals surface area (Å²) in [5.74, 6) is -0.144. The number of unbranched alkanes of at least 4 members (excludes halogenated alkanes) is 14. The van der Waals surface area contributed by atoms with E-state index in [9.17, 15) is 14.3 Å². The number of likely N-dealkylation sites (N-methyl/N-ethyl adjacent to an activating group) is 1. The number of phosphoric acid groups is 1. The molecule has 0 heterocycles. The van der Waals surface area contributed by atoms with Gasteiger partial charge in [0.2, 0.25) is 5.91 Å². The molecule has 2 unspecified atom stereocenters. The second-order valence-electron chi connectivity index (χ2n) is 16.0. The molecule has 0 aliphatic rings. The van der Waals surface area contributed by atoms with Gasteiger partial charge in [-0.15, -0.1) is 0 Å². The Morgan fingerprint density at radius 2 is 1.29 bits per heavy atom. The van der Waals surface area contributed by atoms with E-state index in [1.54, 1.807) is 18.2 Å². The van der Waals surface area contributed by atoms with Gasteiger partial charge < -0.3 is 39.0 Å². The lowest BCUT2D eigenvalue weighted by Gasteiger charge is -2.24. The molecule has 15 heteroatoms. The number of quaternary nitrogens is 1. The Bertz CT molecular complexity index is 1420. The molecule has 0 bridgehead atoms. The highest BCUT2D eigenvalue weighted by atomic mass is 35.5. The number of phosphoric ester groups is 1. The molecule has 0 fully saturated rings. The van der Waals surface area contributed by atoms with Crippen LogP contribution in [0.2, 0.25) is 10.0 Å². The van der Waals surface area contributed by atoms with E-state index in [4.69, 9.17) is 51.2 Å². The van der Waals surface area contributed by atoms with Gasteiger partial charge in [-0.2, -0.15) is 0 Å². The van der Waals surface area contributed by atoms with Gasteiger partial charge in [0.15, 0.2) is 0 Å². The monoisotopic (exact) mass is 890 g/mol. The lowest BCUT2D eigenvalue weighted by molar-refractivity contribution is -0.870. The molecular formula is C44H75Cl2N3O9P+. The third-order valence-electron chi connectivity index (χ3n) is 9.57. The number of amides is 1. The van der Waals surface area contributed by atoms with E-state index in [1.165, 1.54) is 83.5 Å². The first-order valence-corrected chi connectivity index (χ1v) is 24.0. The number of hydrogen-bond acceptors (Lipinski definition) is 9. The van der Waals surface area contributed by atoms with E-state index in [0.717, 1.165) is 24.1 Å². The predicted molar refractivity (Wildman–Crippen MR) is 240 cm³/mol. The minimum atomic E-state index is -4.30. The van der Waals surface area contributed by atoms with E-state index in [-0.39, 0.29) is 45.7 Å². The van der Waals surface area contributed by atoms with Crippen molar-refractivity contribution in [3.63, 3.8) is 0 Å². The summed E-state index contributed by atoms with van der Waals surface area (Å²) in [7, 11) is 1.58. The second-order valence-corrected chi connectivity index (χ2v) is 18.3. The lowest BCUT2D eigenvalue weighted by Crippen LogP contribution is -2.37. The van der Waals surface area contributed by atoms with Gasteiger partial charge in [0.25, 0.3) is 0 Å². The predicted octanol–water partition coefficient (Wildman–Crippen LogP) is 10.8. The summed E-state index contributed by atoms with van der Waals surface area (Å²) in [5.41, 5.74) is 2.11. The van der Waals surface area contributed by atoms with E-state index >= 15 is 0 Å². The number of benzene rings is 2. The van der Waals surface area contributed by atoms with Crippen LogP contribution in [0.1, 0.15) is 115 Å². The number of rotatable bonds is 38. The molecule has 0 spiro atoms. The summed E-state index contributed by atoms with van der Waals surface area (Å²) in [6, 6.07) is 12.7. The molecule has 0 aromatic heterocycles. The van der Waals surface area contributed by atoms with Crippen LogP contribution in [0.5, 0.6) is 0 Å². The Hall–Kier alpha value is -1.80. The normalized spacial score (nSPS) is 13.3. The fraction of sp³-hybridized carbons (Fsp3) is 0.705. The number of para-hydroxylation sites is 2. The summed E-state index contributed by atoms with van der Waals surface area (Å²) in [5, 5.41) is 7.13. The molecule has 59 heavy (non-hydrogen) atoms. The number of carbonyl (C=O) groups is 1. The highest BCUT2D eigenvalue weighted by Gasteiger charge is 2.25. The van der Waals surface area contributed by atoms with Crippen LogP contribution >= 0.6 is 31.0 Å². The quantitative estimate of drug-likeness (QED) is 0.0259. The van der Waals surface area contributed by atoms with Crippen molar-refractivity contribution in [1.29, 1.82) is 0 Å². The summed E-state index contributed by atoms with van der Waals surface area (Å²) >= 11 is 12.7. The van der Waals surface area contributed by atoms with Crippen molar-refractivity contribution < 1.29 is 46.7 Å². The number of halogens is 2. The minimum Gasteiger partial charge on any atom is -0.356 e. The second kappa shape index (κ2) is 32.9. The molecule has 2 atom stereocenters. The zero-order valence-electron chi connectivity index (χ0n) is 36.4. The maximum absolute atomic E-state index is 12.8. The van der Waals surface area contributed by atoms with Crippen LogP contribution in [0.3, 0.4) is 0 Å². The lowest BCUT2D eigenvalue weighted by atomic mass is 10.0. The molecule has 1 amide bonds. The smallest absolute Gasteiger partial charge is 0.356 e. The van der Waals surface area contributed by atoms with Gasteiger partial charge in [-0.3, -0.25) is 13.8 Å². The maximum atomic E-state index is 12.8. The van der Waals surface area contributed by atoms with Crippen molar-refractivity contribution in [2.45, 2.75) is 122 Å². The largest absolute Gasteiger partial charge is 0.472 e. The molecule has 0 aliphatic heterocycles. The Morgan fingerprint density at radius 3 is 1.92 bits per heavy atom. The highest BCUT2D eigenvalue weighted by Crippen LogP contribution is 2.43. The van der Waals surface area contributed by atoms with Crippen molar-refractivity contribution in [3.05, 3.63) is 58.1 Å². The molecule has 2 rings (SSSR count). The first-order chi connectivity index (χ1) is 28.4. The van der Waals surface area contributed by atoms with Crippen LogP contribution in [0, 0.1) is 0 Å². The summed E-state index contributed by atoms with van der Waals surface area (Å²) in [4.78, 5) is 23.0. The van der Waals surface area contributed by atoms with Crippen molar-refractivity contribution in [3.8, 4) is 0 Å². The summed E-state index contributed by atoms with van der Waals surface area (Å²) < 4.78 is 46.2. The van der Waals surface area contributed by atoms with E-state index in [2.05, 4.69) is 17.6 Å². The van der Waals surface area contributed by atoms with Crippen molar-refractivity contribution in [2.24, 2.45) is 0 Å². The van der Waals surface area contributed by atoms with E-state index in [0.29, 0.717) is 52.9 Å². The molecule has 0 aliphatic carbocycles. The maximum Gasteiger partial charge on any atom is 0.472 e. The average molecular weight is 892 g/mol. The van der Waals surface area contributed by atoms with Crippen LogP contribution < -0.4 is 10.6 Å². The Kier molecular flexibility index (Phi) is 29.7. The van der Waals surface area contributed by atoms with Crippen LogP contribution in [-0.2, 0) is 43.8 Å². The van der Waals surface area contributed by atoms with Gasteiger partial charge >= 0.3 is 7.82 Å². The molecule has 338 valence electrons. The third-order valence-corrected chi connectivity index (χ3v) is 11.2. The zero-order valence-corrected chi connectivity index (χ0v) is 38.8. The standard InChI is InChI=1S/C44H74Cl2N3O9P/c1-5-6-7-8-9-10-11-12-13-14-15-16-17-18-21-30-53-36-55-34-39(35-58-59(51,52)57-32-29-49(2,3)4)56-37-54-31-23-28-47-43(50)33-38-24-19-20-27-42(38)48-44-40(45)25-22-26-41(44)46/h19-20,22,24-27,39,48H,5-18,21,23,28-37H2,1-4H3,(H-,47,50,51,52)/p+1. The topological polar surface area (TPSA) is 134 Å². The van der Waals surface area contributed by atoms with Crippen molar-refractivity contribution >= 4 is 48.3 Å². The Labute approximate surface area is 365 Å². The summed E-state index contributed by atoms with van der Waals surface area (Å²) in [6.45, 7) is 3.97. The Morgan fingerprint density at radius 1 is 0.712 bits per heavy atom. The van der Waals surface area contributed by atoms with E-state index in [1.807, 2.05) is 45.4 Å². The first-order valence-electron chi connectivity index (χ1n) is 21.7. The molecule has 2 aromatic rings. The molecule has 2 aromatic carbocycles. The van der Waals surface area contributed by atoms with Crippen molar-refractivity contribution in [2.75, 3.05) is 86.2 Å². The average Bonchev–Trinajstić information content (AvgIpc) is 3.18. The van der Waals surface area contributed by atoms with Gasteiger partial charge in [-0.25, -0.2) is 4.57 Å². The Balaban J connectivity index is 1.63. The number of hydrogen-bond donors (Lipinski definition) is 3. The van der Waals surface area contributed by atoms with Crippen LogP contribution in [0.15, 0.2) is 42.5 Å². The number of nitrogens with zero attached hydrogens (tertiary/aromatic N) is 1. The third kappa shape index (κ3) is 28.4. The zero-order chi connectivity index (χ0) is 43.0. The van der Waals surface area contributed by atoms with Gasteiger partial charge in [-0.1, -0.05) is 144 Å². The summed E-state index contributed by atoms with van der Waals surface area (Å²) in [6.07, 6.45) is 19.6. The van der Waals surface area contributed by atoms with Gasteiger partial charge in [0.1, 0.15) is 32.8 Å². The van der Waals surface area contributed by atoms with Crippen LogP contribution in [0.25, 0.3) is 0 Å². The van der Waals surface area contributed by atoms with E-state index < -0.39 is 13.9 Å². The molecule has 0 saturated carbocycles. The fourth-order valence-corrected chi connectivity index (χ4v) is 7.28. The highest BCUT2D eigenvalue weighted by molar-refractivity contribution is 7.47. The first kappa shape index (κ1) is 53.3. The minimum absolute atomic E-state index is 0.0624.